The van der Waals surface area contributed by atoms with E-state index >= 15 is 0 Å². The number of ether oxygens (including phenoxy) is 3. The lowest BCUT2D eigenvalue weighted by Gasteiger charge is -2.15. The number of aryl methyl sites for hydroxylation is 2. The summed E-state index contributed by atoms with van der Waals surface area (Å²) in [6, 6.07) is 12.0. The Morgan fingerprint density at radius 1 is 0.957 bits per heavy atom. The van der Waals surface area contributed by atoms with Crippen molar-refractivity contribution in [3.63, 3.8) is 0 Å². The van der Waals surface area contributed by atoms with E-state index in [0.717, 1.165) is 34.8 Å². The average Bonchev–Trinajstić information content (AvgIpc) is 2.55. The lowest BCUT2D eigenvalue weighted by atomic mass is 10.1. The minimum absolute atomic E-state index is 0.450. The van der Waals surface area contributed by atoms with Gasteiger partial charge in [-0.1, -0.05) is 24.3 Å². The molecule has 124 valence electrons. The fourth-order valence-electron chi connectivity index (χ4n) is 2.40. The van der Waals surface area contributed by atoms with Gasteiger partial charge in [0.15, 0.2) is 11.5 Å². The summed E-state index contributed by atoms with van der Waals surface area (Å²) in [7, 11) is 1.64. The molecule has 4 nitrogen and oxygen atoms in total. The molecule has 2 N–H and O–H groups in total. The Bertz CT molecular complexity index is 641. The second kappa shape index (κ2) is 8.44. The topological polar surface area (TPSA) is 53.7 Å². The molecule has 4 heteroatoms. The second-order valence-corrected chi connectivity index (χ2v) is 5.45. The lowest BCUT2D eigenvalue weighted by Crippen LogP contribution is -2.12. The molecule has 0 aliphatic heterocycles. The van der Waals surface area contributed by atoms with Gasteiger partial charge in [-0.05, 0) is 55.6 Å². The van der Waals surface area contributed by atoms with Crippen LogP contribution in [-0.4, -0.2) is 26.9 Å². The molecule has 2 rings (SSSR count). The Morgan fingerprint density at radius 3 is 2.48 bits per heavy atom. The standard InChI is InChI=1S/C19H25NO3/c1-14-7-8-15(2)18(13-14)22-11-12-23-19-16(9-10-20)5-4-6-17(19)21-3/h4-8,13H,9-12,20H2,1-3H3. The molecule has 2 aromatic carbocycles. The molecule has 0 aromatic heterocycles. The highest BCUT2D eigenvalue weighted by molar-refractivity contribution is 5.46. The Morgan fingerprint density at radius 2 is 1.74 bits per heavy atom. The predicted molar refractivity (Wildman–Crippen MR) is 92.7 cm³/mol. The van der Waals surface area contributed by atoms with Crippen molar-refractivity contribution in [2.24, 2.45) is 5.73 Å². The number of methoxy groups -OCH3 is 1. The number of benzene rings is 2. The van der Waals surface area contributed by atoms with Crippen molar-refractivity contribution < 1.29 is 14.2 Å². The van der Waals surface area contributed by atoms with Gasteiger partial charge in [-0.25, -0.2) is 0 Å². The molecular formula is C19H25NO3. The number of hydrogen-bond acceptors (Lipinski definition) is 4. The summed E-state index contributed by atoms with van der Waals surface area (Å²) in [5.74, 6) is 2.38. The summed E-state index contributed by atoms with van der Waals surface area (Å²) in [6.07, 6.45) is 0.754. The molecule has 0 saturated carbocycles. The highest BCUT2D eigenvalue weighted by atomic mass is 16.5. The van der Waals surface area contributed by atoms with Gasteiger partial charge in [-0.2, -0.15) is 0 Å². The van der Waals surface area contributed by atoms with Crippen LogP contribution in [0.4, 0.5) is 0 Å². The van der Waals surface area contributed by atoms with Gasteiger partial charge < -0.3 is 19.9 Å². The van der Waals surface area contributed by atoms with Crippen LogP contribution in [0.2, 0.25) is 0 Å². The van der Waals surface area contributed by atoms with Crippen LogP contribution in [-0.2, 0) is 6.42 Å². The Hall–Kier alpha value is -2.20. The van der Waals surface area contributed by atoms with Gasteiger partial charge in [0.2, 0.25) is 0 Å². The minimum atomic E-state index is 0.450. The zero-order valence-electron chi connectivity index (χ0n) is 14.1. The normalized spacial score (nSPS) is 10.4. The molecule has 0 atom stereocenters. The number of hydrogen-bond donors (Lipinski definition) is 1. The van der Waals surface area contributed by atoms with Crippen LogP contribution >= 0.6 is 0 Å². The van der Waals surface area contributed by atoms with E-state index in [-0.39, 0.29) is 0 Å². The van der Waals surface area contributed by atoms with Crippen molar-refractivity contribution in [1.29, 1.82) is 0 Å². The van der Waals surface area contributed by atoms with Crippen LogP contribution in [0, 0.1) is 13.8 Å². The van der Waals surface area contributed by atoms with E-state index < -0.39 is 0 Å². The van der Waals surface area contributed by atoms with Gasteiger partial charge in [0.25, 0.3) is 0 Å². The van der Waals surface area contributed by atoms with Crippen molar-refractivity contribution in [2.45, 2.75) is 20.3 Å². The van der Waals surface area contributed by atoms with Gasteiger partial charge in [0, 0.05) is 0 Å². The third-order valence-electron chi connectivity index (χ3n) is 3.62. The third kappa shape index (κ3) is 4.63. The predicted octanol–water partition coefficient (Wildman–Crippen LogP) is 3.27. The maximum Gasteiger partial charge on any atom is 0.164 e. The minimum Gasteiger partial charge on any atom is -0.493 e. The third-order valence-corrected chi connectivity index (χ3v) is 3.62. The monoisotopic (exact) mass is 315 g/mol. The van der Waals surface area contributed by atoms with E-state index in [2.05, 4.69) is 19.1 Å². The van der Waals surface area contributed by atoms with E-state index in [0.29, 0.717) is 19.8 Å². The van der Waals surface area contributed by atoms with Crippen molar-refractivity contribution in [3.8, 4) is 17.2 Å². The van der Waals surface area contributed by atoms with Crippen LogP contribution in [0.25, 0.3) is 0 Å². The number of rotatable bonds is 8. The van der Waals surface area contributed by atoms with Crippen LogP contribution in [0.1, 0.15) is 16.7 Å². The second-order valence-electron chi connectivity index (χ2n) is 5.45. The maximum absolute atomic E-state index is 5.90. The number of nitrogens with two attached hydrogens (primary N) is 1. The van der Waals surface area contributed by atoms with E-state index in [9.17, 15) is 0 Å². The van der Waals surface area contributed by atoms with Gasteiger partial charge in [0.05, 0.1) is 7.11 Å². The van der Waals surface area contributed by atoms with Crippen LogP contribution in [0.15, 0.2) is 36.4 Å². The molecule has 0 aliphatic rings. The molecule has 23 heavy (non-hydrogen) atoms. The maximum atomic E-state index is 5.90. The quantitative estimate of drug-likeness (QED) is 0.760. The van der Waals surface area contributed by atoms with Crippen LogP contribution < -0.4 is 19.9 Å². The van der Waals surface area contributed by atoms with Gasteiger partial charge >= 0.3 is 0 Å². The van der Waals surface area contributed by atoms with Crippen molar-refractivity contribution in [2.75, 3.05) is 26.9 Å². The summed E-state index contributed by atoms with van der Waals surface area (Å²) in [4.78, 5) is 0. The van der Waals surface area contributed by atoms with Gasteiger partial charge in [-0.3, -0.25) is 0 Å². The molecule has 0 spiro atoms. The van der Waals surface area contributed by atoms with E-state index in [1.807, 2.05) is 31.2 Å². The van der Waals surface area contributed by atoms with Crippen LogP contribution in [0.5, 0.6) is 17.2 Å². The first-order valence-corrected chi connectivity index (χ1v) is 7.84. The fraction of sp³-hybridized carbons (Fsp3) is 0.368. The van der Waals surface area contributed by atoms with Crippen molar-refractivity contribution >= 4 is 0 Å². The van der Waals surface area contributed by atoms with Gasteiger partial charge in [-0.15, -0.1) is 0 Å². The first kappa shape index (κ1) is 17.2. The molecule has 0 unspecified atom stereocenters. The fourth-order valence-corrected chi connectivity index (χ4v) is 2.40. The van der Waals surface area contributed by atoms with Crippen molar-refractivity contribution in [1.82, 2.24) is 0 Å². The first-order valence-electron chi connectivity index (χ1n) is 7.84. The molecule has 0 heterocycles. The zero-order chi connectivity index (χ0) is 16.7. The summed E-state index contributed by atoms with van der Waals surface area (Å²) in [5, 5.41) is 0. The molecule has 0 amide bonds. The van der Waals surface area contributed by atoms with Crippen molar-refractivity contribution in [3.05, 3.63) is 53.1 Å². The molecule has 2 aromatic rings. The summed E-state index contributed by atoms with van der Waals surface area (Å²) >= 11 is 0. The Labute approximate surface area is 138 Å². The highest BCUT2D eigenvalue weighted by Crippen LogP contribution is 2.31. The Kier molecular flexibility index (Phi) is 6.29. The zero-order valence-corrected chi connectivity index (χ0v) is 14.1. The average molecular weight is 315 g/mol. The SMILES string of the molecule is COc1cccc(CCN)c1OCCOc1cc(C)ccc1C. The molecule has 0 radical (unpaired) electrons. The van der Waals surface area contributed by atoms with E-state index in [4.69, 9.17) is 19.9 Å². The Balaban J connectivity index is 1.97. The molecule has 0 fully saturated rings. The van der Waals surface area contributed by atoms with Crippen LogP contribution in [0.3, 0.4) is 0 Å². The number of para-hydroxylation sites is 1. The van der Waals surface area contributed by atoms with Gasteiger partial charge in [0.1, 0.15) is 19.0 Å². The summed E-state index contributed by atoms with van der Waals surface area (Å²) in [5.41, 5.74) is 9.02. The molecular weight excluding hydrogens is 290 g/mol. The molecule has 0 saturated heterocycles. The smallest absolute Gasteiger partial charge is 0.164 e. The van der Waals surface area contributed by atoms with E-state index in [1.165, 1.54) is 5.56 Å². The largest absolute Gasteiger partial charge is 0.493 e. The highest BCUT2D eigenvalue weighted by Gasteiger charge is 2.10. The molecule has 0 bridgehead atoms. The lowest BCUT2D eigenvalue weighted by molar-refractivity contribution is 0.209. The summed E-state index contributed by atoms with van der Waals surface area (Å²) in [6.45, 7) is 5.59. The van der Waals surface area contributed by atoms with E-state index in [1.54, 1.807) is 7.11 Å². The summed E-state index contributed by atoms with van der Waals surface area (Å²) < 4.78 is 17.1. The first-order chi connectivity index (χ1) is 11.2. The molecule has 0 aliphatic carbocycles.